The van der Waals surface area contributed by atoms with Crippen molar-refractivity contribution in [2.45, 2.75) is 58.3 Å². The van der Waals surface area contributed by atoms with Gasteiger partial charge in [-0.1, -0.05) is 31.2 Å². The van der Waals surface area contributed by atoms with Crippen LogP contribution in [-0.4, -0.2) is 40.6 Å². The van der Waals surface area contributed by atoms with E-state index in [2.05, 4.69) is 0 Å². The standard InChI is InChI=1S/C14H14O3.C8H17NO3/c1-9(14(15)16)10-3-4-12-8-13(17-2)6-5-11(12)7-10;1-5-8(9,11)6(10)12-7(2,3)4/h3-9H,1-2H3,(H,15,16);11H,5,9H2,1-4H3/t9-;/m0./s1. The summed E-state index contributed by atoms with van der Waals surface area (Å²) in [7, 11) is 1.63. The third-order valence-corrected chi connectivity index (χ3v) is 4.23. The molecule has 160 valence electrons. The summed E-state index contributed by atoms with van der Waals surface area (Å²) in [5.74, 6) is -1.27. The SMILES string of the molecule is CCC(N)(O)C(=O)OC(C)(C)C.COc1ccc2cc([C@H](C)C(=O)O)ccc2c1. The quantitative estimate of drug-likeness (QED) is 0.515. The zero-order valence-electron chi connectivity index (χ0n) is 17.9. The van der Waals surface area contributed by atoms with Gasteiger partial charge in [-0.25, -0.2) is 4.79 Å². The monoisotopic (exact) mass is 405 g/mol. The number of methoxy groups -OCH3 is 1. The van der Waals surface area contributed by atoms with Crippen LogP contribution < -0.4 is 10.5 Å². The molecule has 2 aromatic carbocycles. The molecule has 0 aromatic heterocycles. The van der Waals surface area contributed by atoms with Gasteiger partial charge in [0.05, 0.1) is 13.0 Å². The molecule has 7 nitrogen and oxygen atoms in total. The van der Waals surface area contributed by atoms with Gasteiger partial charge in [0.2, 0.25) is 5.72 Å². The van der Waals surface area contributed by atoms with Gasteiger partial charge in [0.25, 0.3) is 0 Å². The lowest BCUT2D eigenvalue weighted by atomic mass is 9.98. The van der Waals surface area contributed by atoms with Crippen LogP contribution in [0.25, 0.3) is 10.8 Å². The smallest absolute Gasteiger partial charge is 0.353 e. The Hall–Kier alpha value is -2.64. The predicted molar refractivity (Wildman–Crippen MR) is 112 cm³/mol. The van der Waals surface area contributed by atoms with Crippen LogP contribution in [0, 0.1) is 0 Å². The van der Waals surface area contributed by atoms with Crippen LogP contribution in [0.3, 0.4) is 0 Å². The van der Waals surface area contributed by atoms with Gasteiger partial charge >= 0.3 is 11.9 Å². The van der Waals surface area contributed by atoms with E-state index in [4.69, 9.17) is 20.3 Å². The molecule has 0 aliphatic carbocycles. The first-order chi connectivity index (χ1) is 13.3. The second-order valence-corrected chi connectivity index (χ2v) is 7.81. The molecule has 0 radical (unpaired) electrons. The largest absolute Gasteiger partial charge is 0.497 e. The number of hydrogen-bond donors (Lipinski definition) is 3. The maximum absolute atomic E-state index is 11.1. The first-order valence-corrected chi connectivity index (χ1v) is 9.36. The van der Waals surface area contributed by atoms with Crippen LogP contribution in [-0.2, 0) is 14.3 Å². The Kier molecular flexibility index (Phi) is 8.17. The molecule has 0 spiro atoms. The van der Waals surface area contributed by atoms with Gasteiger partial charge in [0, 0.05) is 0 Å². The zero-order valence-corrected chi connectivity index (χ0v) is 17.9. The number of fused-ring (bicyclic) bond motifs is 1. The third-order valence-electron chi connectivity index (χ3n) is 4.23. The van der Waals surface area contributed by atoms with Gasteiger partial charge in [-0.3, -0.25) is 10.5 Å². The second kappa shape index (κ2) is 9.71. The Balaban J connectivity index is 0.000000311. The number of carbonyl (C=O) groups is 2. The molecule has 2 rings (SSSR count). The van der Waals surface area contributed by atoms with Crippen molar-refractivity contribution in [1.29, 1.82) is 0 Å². The fraction of sp³-hybridized carbons (Fsp3) is 0.455. The lowest BCUT2D eigenvalue weighted by Crippen LogP contribution is -2.50. The number of rotatable bonds is 5. The van der Waals surface area contributed by atoms with Crippen LogP contribution in [0.5, 0.6) is 5.75 Å². The molecular weight excluding hydrogens is 374 g/mol. The number of hydrogen-bond acceptors (Lipinski definition) is 6. The van der Waals surface area contributed by atoms with E-state index in [1.807, 2.05) is 36.4 Å². The van der Waals surface area contributed by atoms with Crippen molar-refractivity contribution in [3.05, 3.63) is 42.0 Å². The maximum atomic E-state index is 11.1. The maximum Gasteiger partial charge on any atom is 0.353 e. The van der Waals surface area contributed by atoms with E-state index in [-0.39, 0.29) is 6.42 Å². The molecular formula is C22H31NO6. The van der Waals surface area contributed by atoms with Gasteiger partial charge in [0.15, 0.2) is 0 Å². The molecule has 0 saturated carbocycles. The fourth-order valence-electron chi connectivity index (χ4n) is 2.29. The molecule has 2 aromatic rings. The third kappa shape index (κ3) is 7.36. The Morgan fingerprint density at radius 1 is 1.10 bits per heavy atom. The lowest BCUT2D eigenvalue weighted by Gasteiger charge is -2.26. The molecule has 7 heteroatoms. The number of benzene rings is 2. The number of aliphatic hydroxyl groups is 1. The Labute approximate surface area is 171 Å². The van der Waals surface area contributed by atoms with Crippen LogP contribution in [0.15, 0.2) is 36.4 Å². The van der Waals surface area contributed by atoms with E-state index in [0.717, 1.165) is 22.1 Å². The molecule has 2 atom stereocenters. The number of carboxylic acids is 1. The van der Waals surface area contributed by atoms with E-state index in [9.17, 15) is 14.7 Å². The van der Waals surface area contributed by atoms with Gasteiger partial charge in [-0.05, 0) is 62.6 Å². The van der Waals surface area contributed by atoms with Crippen molar-refractivity contribution in [3.8, 4) is 5.75 Å². The van der Waals surface area contributed by atoms with Crippen molar-refractivity contribution in [3.63, 3.8) is 0 Å². The van der Waals surface area contributed by atoms with Crippen molar-refractivity contribution in [1.82, 2.24) is 0 Å². The van der Waals surface area contributed by atoms with E-state index in [1.165, 1.54) is 0 Å². The summed E-state index contributed by atoms with van der Waals surface area (Å²) in [6, 6.07) is 11.4. The molecule has 0 amide bonds. The Bertz CT molecular complexity index is 854. The average Bonchev–Trinajstić information content (AvgIpc) is 2.65. The van der Waals surface area contributed by atoms with Crippen LogP contribution in [0.1, 0.15) is 52.5 Å². The molecule has 0 fully saturated rings. The molecule has 0 saturated heterocycles. The summed E-state index contributed by atoms with van der Waals surface area (Å²) >= 11 is 0. The predicted octanol–water partition coefficient (Wildman–Crippen LogP) is 3.42. The van der Waals surface area contributed by atoms with Crippen molar-refractivity contribution in [2.75, 3.05) is 7.11 Å². The van der Waals surface area contributed by atoms with Crippen LogP contribution in [0.2, 0.25) is 0 Å². The van der Waals surface area contributed by atoms with E-state index in [1.54, 1.807) is 41.7 Å². The summed E-state index contributed by atoms with van der Waals surface area (Å²) in [6.07, 6.45) is 0.141. The first-order valence-electron chi connectivity index (χ1n) is 9.36. The topological polar surface area (TPSA) is 119 Å². The lowest BCUT2D eigenvalue weighted by molar-refractivity contribution is -0.177. The number of nitrogens with two attached hydrogens (primary N) is 1. The Morgan fingerprint density at radius 2 is 1.66 bits per heavy atom. The number of aliphatic carboxylic acids is 1. The average molecular weight is 405 g/mol. The number of ether oxygens (including phenoxy) is 2. The van der Waals surface area contributed by atoms with Gasteiger partial charge in [-0.15, -0.1) is 0 Å². The molecule has 0 bridgehead atoms. The number of carbonyl (C=O) groups excluding carboxylic acids is 1. The van der Waals surface area contributed by atoms with Gasteiger partial charge < -0.3 is 19.7 Å². The van der Waals surface area contributed by atoms with Crippen molar-refractivity contribution < 1.29 is 29.3 Å². The number of carboxylic acid groups (broad SMARTS) is 1. The molecule has 1 unspecified atom stereocenters. The molecule has 0 heterocycles. The zero-order chi connectivity index (χ0) is 22.4. The van der Waals surface area contributed by atoms with Crippen molar-refractivity contribution >= 4 is 22.7 Å². The minimum absolute atomic E-state index is 0.141. The highest BCUT2D eigenvalue weighted by Gasteiger charge is 2.33. The Morgan fingerprint density at radius 3 is 2.14 bits per heavy atom. The minimum Gasteiger partial charge on any atom is -0.497 e. The highest BCUT2D eigenvalue weighted by atomic mass is 16.6. The van der Waals surface area contributed by atoms with Crippen molar-refractivity contribution in [2.24, 2.45) is 5.73 Å². The van der Waals surface area contributed by atoms with E-state index >= 15 is 0 Å². The fourth-order valence-corrected chi connectivity index (χ4v) is 2.29. The summed E-state index contributed by atoms with van der Waals surface area (Å²) in [6.45, 7) is 8.46. The molecule has 0 aliphatic rings. The van der Waals surface area contributed by atoms with Gasteiger partial charge in [-0.2, -0.15) is 0 Å². The van der Waals surface area contributed by atoms with E-state index in [0.29, 0.717) is 0 Å². The minimum atomic E-state index is -1.85. The molecule has 4 N–H and O–H groups in total. The summed E-state index contributed by atoms with van der Waals surface area (Å²) in [5, 5.41) is 20.3. The molecule has 0 aliphatic heterocycles. The normalized spacial score (nSPS) is 14.2. The molecule has 29 heavy (non-hydrogen) atoms. The van der Waals surface area contributed by atoms with Crippen LogP contribution >= 0.6 is 0 Å². The second-order valence-electron chi connectivity index (χ2n) is 7.81. The highest BCUT2D eigenvalue weighted by molar-refractivity contribution is 5.86. The summed E-state index contributed by atoms with van der Waals surface area (Å²) in [5.41, 5.74) is 3.60. The number of esters is 1. The van der Waals surface area contributed by atoms with E-state index < -0.39 is 29.2 Å². The summed E-state index contributed by atoms with van der Waals surface area (Å²) < 4.78 is 10.0. The summed E-state index contributed by atoms with van der Waals surface area (Å²) in [4.78, 5) is 22.0. The van der Waals surface area contributed by atoms with Crippen LogP contribution in [0.4, 0.5) is 0 Å². The first kappa shape index (κ1) is 24.4. The van der Waals surface area contributed by atoms with Gasteiger partial charge in [0.1, 0.15) is 11.4 Å². The highest BCUT2D eigenvalue weighted by Crippen LogP contribution is 2.25.